The summed E-state index contributed by atoms with van der Waals surface area (Å²) in [5.41, 5.74) is 13.7. The zero-order valence-electron chi connectivity index (χ0n) is 73.5. The minimum absolute atomic E-state index is 0. The molecule has 135 heavy (non-hydrogen) atoms. The summed E-state index contributed by atoms with van der Waals surface area (Å²) in [4.78, 5) is 57.8. The summed E-state index contributed by atoms with van der Waals surface area (Å²) >= 11 is 1.72. The smallest absolute Gasteiger partial charge is 0.305 e. The molecule has 16 rings (SSSR count). The predicted molar refractivity (Wildman–Crippen MR) is 496 cm³/mol. The fourth-order valence-corrected chi connectivity index (χ4v) is 13.1. The maximum absolute atomic E-state index is 10.8. The summed E-state index contributed by atoms with van der Waals surface area (Å²) in [5, 5.41) is -0.966. The first-order chi connectivity index (χ1) is 61.5. The number of aryl methyl sites for hydroxylation is 4. The van der Waals surface area contributed by atoms with Crippen molar-refractivity contribution in [3.05, 3.63) is 380 Å². The van der Waals surface area contributed by atoms with Crippen LogP contribution in [0.4, 0.5) is 5.69 Å². The number of hydrogen-bond acceptors (Lipinski definition) is 25. The van der Waals surface area contributed by atoms with Gasteiger partial charge in [0.1, 0.15) is 23.7 Å². The number of nitrogens with zero attached hydrogens (tertiary/aromatic N) is 15. The van der Waals surface area contributed by atoms with Gasteiger partial charge in [0.2, 0.25) is 0 Å². The molecule has 0 aliphatic carbocycles. The molecule has 0 unspecified atom stereocenters. The molecule has 5 radical (unpaired) electrons. The number of hydrogen-bond donors (Lipinski definition) is 5. The van der Waals surface area contributed by atoms with Crippen LogP contribution in [0.2, 0.25) is 0 Å². The number of pyridine rings is 7. The first-order valence-electron chi connectivity index (χ1n) is 38.4. The van der Waals surface area contributed by atoms with Crippen molar-refractivity contribution in [2.45, 2.75) is 110 Å². The number of benzene rings is 6. The molecule has 0 saturated heterocycles. The second kappa shape index (κ2) is 58.8. The Balaban J connectivity index is 0.000000506. The van der Waals surface area contributed by atoms with Gasteiger partial charge in [-0.05, 0) is 156 Å². The van der Waals surface area contributed by atoms with Crippen molar-refractivity contribution in [3.8, 4) is 56.3 Å². The molecular formula is C94H88Ir5N15O15S6-5. The Labute approximate surface area is 858 Å². The van der Waals surface area contributed by atoms with Crippen LogP contribution in [-0.4, -0.2) is 141 Å². The van der Waals surface area contributed by atoms with Crippen LogP contribution >= 0.6 is 11.8 Å². The van der Waals surface area contributed by atoms with E-state index in [9.17, 15) is 42.1 Å². The van der Waals surface area contributed by atoms with Crippen LogP contribution in [0, 0.1) is 64.6 Å². The van der Waals surface area contributed by atoms with Crippen molar-refractivity contribution in [1.82, 2.24) is 69.8 Å². The van der Waals surface area contributed by atoms with Gasteiger partial charge in [-0.25, -0.2) is 44.9 Å². The van der Waals surface area contributed by atoms with E-state index in [1.54, 1.807) is 86.8 Å². The van der Waals surface area contributed by atoms with E-state index in [-0.39, 0.29) is 138 Å². The zero-order chi connectivity index (χ0) is 95.1. The molecule has 6 aromatic carbocycles. The summed E-state index contributed by atoms with van der Waals surface area (Å²) in [6.45, 7) is 24.9. The quantitative estimate of drug-likeness (QED) is 0.0264. The summed E-state index contributed by atoms with van der Waals surface area (Å²) in [5.74, 6) is 0.519. The van der Waals surface area contributed by atoms with Gasteiger partial charge in [0.05, 0.1) is 12.1 Å². The number of rotatable bonds is 11. The normalized spacial score (nSPS) is 10.5. The van der Waals surface area contributed by atoms with Crippen molar-refractivity contribution in [2.75, 3.05) is 6.26 Å². The van der Waals surface area contributed by atoms with Crippen LogP contribution in [0.5, 0.6) is 0 Å². The molecule has 0 aliphatic heterocycles. The maximum Gasteiger partial charge on any atom is 0.330 e. The van der Waals surface area contributed by atoms with Gasteiger partial charge in [-0.2, -0.15) is 59.9 Å². The van der Waals surface area contributed by atoms with E-state index in [1.165, 1.54) is 54.9 Å². The van der Waals surface area contributed by atoms with Crippen LogP contribution in [-0.2, 0) is 162 Å². The zero-order valence-corrected chi connectivity index (χ0v) is 90.4. The molecule has 0 atom stereocenters. The Kier molecular flexibility index (Phi) is 52.5. The van der Waals surface area contributed by atoms with E-state index in [1.807, 2.05) is 224 Å². The van der Waals surface area contributed by atoms with Crippen molar-refractivity contribution in [3.63, 3.8) is 0 Å². The van der Waals surface area contributed by atoms with E-state index < -0.39 is 60.9 Å². The predicted octanol–water partition coefficient (Wildman–Crippen LogP) is 18.2. The van der Waals surface area contributed by atoms with Crippen LogP contribution in [0.3, 0.4) is 0 Å². The summed E-state index contributed by atoms with van der Waals surface area (Å²) in [6.07, 6.45) is 14.2. The molecule has 16 aromatic rings. The van der Waals surface area contributed by atoms with E-state index in [2.05, 4.69) is 129 Å². The molecule has 0 fully saturated rings. The van der Waals surface area contributed by atoms with Crippen LogP contribution in [0.15, 0.2) is 335 Å². The van der Waals surface area contributed by atoms with Gasteiger partial charge in [0.25, 0.3) is 10.3 Å². The van der Waals surface area contributed by atoms with Crippen LogP contribution < -0.4 is 0 Å². The standard InChI is InChI=1S/C15H10N.C12H7N2.C12H10NS.2C11H8N.2C9H13NO3S.C6H8N2O3S.C5H7N3O3S.C4H4N2O3S.5Ir/c1-2-6-12(7-3-1)15-11-10-13-8-4-5-9-14(13)16-15;1-13-11-6-4-5-10(9-11)12-7-2-3-8-14-12;1-14-11-7-5-10(6-8-11)12-4-2-3-9-13-12;2*1-2-6-10(7-3-1)11-8-4-5-9-12-11;2*1-9(2,3)7-4-5-10-8(6-7)14(11,12)13;1-4-3-5(2)8-6(7-4)12(9,10)11;1-3-6-4(2)8-5(7-3)12(9,10)11;7-10(8,9)4-1-2-5-3-6-4;;;;;/h1-6,8-11H;2-4,6-9H;2-5,7-9H,1H3;2*1-6,8-9H;2*4-6H,1-3H3,(H,11,12,13);3H,1-2H3,(H,9,10,11);1-2H3,(H,9,10,11);1-3H,(H,7,8,9);;;;;/q5*-1;;;;;;;;;;. The van der Waals surface area contributed by atoms with Crippen molar-refractivity contribution < 1.29 is 165 Å². The van der Waals surface area contributed by atoms with Gasteiger partial charge in [-0.3, -0.25) is 32.6 Å². The molecule has 0 amide bonds. The fourth-order valence-electron chi connectivity index (χ4n) is 10.3. The maximum atomic E-state index is 10.8. The number of fused-ring (bicyclic) bond motifs is 1. The van der Waals surface area contributed by atoms with Crippen LogP contribution in [0.25, 0.3) is 72.0 Å². The molecule has 0 saturated carbocycles. The van der Waals surface area contributed by atoms with E-state index in [4.69, 9.17) is 29.3 Å². The van der Waals surface area contributed by atoms with E-state index >= 15 is 0 Å². The SMILES string of the molecule is CC(C)(C)c1ccnc(S(=O)(=O)O)c1.CC(C)(C)c1ccnc(S(=O)(=O)O)c1.CSc1c[c-]c(-c2ccccn2)cc1.Cc1cc(C)nc(S(=O)(=O)O)n1.Cc1nc(C)nc(S(=O)(=O)O)n1.O=S(=O)(O)c1ccncn1.[C-]#[N+]c1cc[c-]c(-c2ccccn2)c1.[Ir].[Ir].[Ir].[Ir].[Ir].[c-]1ccccc1-c1ccc2ccccc2n1.[c-]1ccccc1-c1ccccn1.[c-]1ccccc1-c1ccccn1. The molecular weight excluding hydrogens is 2730 g/mol. The Morgan fingerprint density at radius 1 is 0.333 bits per heavy atom. The Bertz CT molecular complexity index is 6600. The van der Waals surface area contributed by atoms with Crippen molar-refractivity contribution in [2.24, 2.45) is 0 Å². The molecule has 0 bridgehead atoms. The minimum Gasteiger partial charge on any atom is -0.305 e. The summed E-state index contributed by atoms with van der Waals surface area (Å²) < 4.78 is 149. The molecule has 5 N–H and O–H groups in total. The van der Waals surface area contributed by atoms with Gasteiger partial charge >= 0.3 is 50.6 Å². The van der Waals surface area contributed by atoms with Crippen molar-refractivity contribution in [1.29, 1.82) is 0 Å². The number of aromatic nitrogens is 14. The second-order valence-corrected chi connectivity index (χ2v) is 36.2. The first kappa shape index (κ1) is 121. The second-order valence-electron chi connectivity index (χ2n) is 28.6. The number of thioether (sulfide) groups is 1. The van der Waals surface area contributed by atoms with Gasteiger partial charge in [0, 0.05) is 155 Å². The van der Waals surface area contributed by atoms with Gasteiger partial charge < -0.3 is 19.9 Å². The van der Waals surface area contributed by atoms with Gasteiger partial charge in [0.15, 0.2) is 15.1 Å². The average Bonchev–Trinajstić information content (AvgIpc) is 0.809. The third-order valence-electron chi connectivity index (χ3n) is 16.5. The van der Waals surface area contributed by atoms with E-state index in [0.717, 1.165) is 85.3 Å². The summed E-state index contributed by atoms with van der Waals surface area (Å²) in [7, 11) is -21.1. The molecule has 41 heteroatoms. The largest absolute Gasteiger partial charge is 0.330 e. The molecule has 10 heterocycles. The Morgan fingerprint density at radius 3 is 1.07 bits per heavy atom. The van der Waals surface area contributed by atoms with Gasteiger partial charge in [-0.15, -0.1) is 161 Å². The van der Waals surface area contributed by atoms with Gasteiger partial charge in [-0.1, -0.05) is 125 Å². The molecule has 0 aliphatic rings. The third-order valence-corrected chi connectivity index (χ3v) is 20.8. The monoisotopic (exact) mass is 2820 g/mol. The molecule has 0 spiro atoms. The van der Waals surface area contributed by atoms with Crippen LogP contribution in [0.1, 0.15) is 75.7 Å². The topological polar surface area (TPSA) is 457 Å². The van der Waals surface area contributed by atoms with E-state index in [0.29, 0.717) is 17.1 Å². The molecule has 30 nitrogen and oxygen atoms in total. The summed E-state index contributed by atoms with van der Waals surface area (Å²) in [6, 6.07) is 95.2. The molecule has 715 valence electrons. The first-order valence-corrected chi connectivity index (χ1v) is 46.9. The van der Waals surface area contributed by atoms with Crippen molar-refractivity contribution >= 4 is 78.9 Å². The third kappa shape index (κ3) is 44.0. The Hall–Kier alpha value is -10.6. The molecule has 10 aromatic heterocycles. The number of para-hydroxylation sites is 1. The Morgan fingerprint density at radius 2 is 0.726 bits per heavy atom. The fraction of sp³-hybridized carbons (Fsp3) is 0.138. The average molecular weight is 2820 g/mol. The minimum atomic E-state index is -4.31.